The zero-order chi connectivity index (χ0) is 13.1. The molecule has 110 valence electrons. The van der Waals surface area contributed by atoms with E-state index in [9.17, 15) is 25.9 Å². The van der Waals surface area contributed by atoms with Gasteiger partial charge in [-0.2, -0.15) is 0 Å². The fraction of sp³-hybridized carbons (Fsp3) is 0. The van der Waals surface area contributed by atoms with E-state index in [1.807, 2.05) is 6.79 Å². The molecular weight excluding hydrogens is 358 g/mol. The standard InChI is InChI=1S/CH2O.2H3N.2Na.H2O8S2.H2O2S/c1-2;;;;;1-9(2,3)7-8-10(4,5)6;1-3-2/h1H2;2*1H3;;;(H,1,2,3)(H,4,5,6);1-2H/q;;;2*+1;;/p-2. The molecule has 0 aliphatic heterocycles. The minimum atomic E-state index is -5.31. The molecule has 18 heteroatoms. The van der Waals surface area contributed by atoms with Crippen LogP contribution in [0.1, 0.15) is 0 Å². The molecule has 19 heavy (non-hydrogen) atoms. The van der Waals surface area contributed by atoms with Crippen molar-refractivity contribution in [1.29, 1.82) is 0 Å². The van der Waals surface area contributed by atoms with Gasteiger partial charge in [0.25, 0.3) is 0 Å². The Bertz CT molecular complexity index is 296. The van der Waals surface area contributed by atoms with Gasteiger partial charge in [-0.3, -0.25) is 0 Å². The van der Waals surface area contributed by atoms with Crippen molar-refractivity contribution < 1.29 is 108 Å². The van der Waals surface area contributed by atoms with E-state index >= 15 is 0 Å². The van der Waals surface area contributed by atoms with Crippen LogP contribution in [0.4, 0.5) is 0 Å². The molecule has 0 heterocycles. The molecule has 0 aromatic heterocycles. The van der Waals surface area contributed by atoms with E-state index < -0.39 is 20.8 Å². The minimum Gasteiger partial charge on any atom is -0.724 e. The van der Waals surface area contributed by atoms with Gasteiger partial charge in [0.05, 0.1) is 0 Å². The topological polar surface area (TPSA) is 260 Å². The summed E-state index contributed by atoms with van der Waals surface area (Å²) >= 11 is -0.250. The van der Waals surface area contributed by atoms with Gasteiger partial charge in [-0.15, -0.1) is 8.67 Å². The maximum Gasteiger partial charge on any atom is 1.00 e. The molecule has 0 saturated heterocycles. The van der Waals surface area contributed by atoms with E-state index in [-0.39, 0.29) is 83.7 Å². The van der Waals surface area contributed by atoms with Gasteiger partial charge < -0.3 is 35.3 Å². The third kappa shape index (κ3) is 82.1. The zero-order valence-electron chi connectivity index (χ0n) is 9.91. The van der Waals surface area contributed by atoms with E-state index in [1.54, 1.807) is 0 Å². The van der Waals surface area contributed by atoms with Crippen molar-refractivity contribution in [1.82, 2.24) is 12.3 Å². The summed E-state index contributed by atoms with van der Waals surface area (Å²) in [5.41, 5.74) is 0. The third-order valence-corrected chi connectivity index (χ3v) is 0.750. The minimum absolute atomic E-state index is 0. The first-order valence-electron chi connectivity index (χ1n) is 2.15. The maximum absolute atomic E-state index is 9.37. The SMILES string of the molecule is C=O.N.N.O=S(=O)([O-])OOS(=O)(=O)[O-].OSO.[Na+].[Na+]. The van der Waals surface area contributed by atoms with Gasteiger partial charge in [0, 0.05) is 0 Å². The average molecular weight is 368 g/mol. The Morgan fingerprint density at radius 3 is 1.00 bits per heavy atom. The summed E-state index contributed by atoms with van der Waals surface area (Å²) in [6.07, 6.45) is 0. The summed E-state index contributed by atoms with van der Waals surface area (Å²) in [4.78, 5) is 8.00. The molecule has 0 atom stereocenters. The Hall–Kier alpha value is 1.60. The van der Waals surface area contributed by atoms with Crippen molar-refractivity contribution in [2.24, 2.45) is 0 Å². The largest absolute Gasteiger partial charge is 1.00 e. The molecule has 0 rings (SSSR count). The van der Waals surface area contributed by atoms with Gasteiger partial charge in [0.15, 0.2) is 12.3 Å². The molecule has 0 fully saturated rings. The van der Waals surface area contributed by atoms with E-state index in [4.69, 9.17) is 13.9 Å². The molecular formula is CH10N2Na2O11S3. The molecule has 0 amide bonds. The van der Waals surface area contributed by atoms with Crippen LogP contribution >= 0.6 is 12.3 Å². The van der Waals surface area contributed by atoms with Crippen LogP contribution in [0.15, 0.2) is 0 Å². The Morgan fingerprint density at radius 1 is 0.842 bits per heavy atom. The van der Waals surface area contributed by atoms with Gasteiger partial charge in [-0.05, 0) is 0 Å². The molecule has 8 N–H and O–H groups in total. The van der Waals surface area contributed by atoms with Crippen molar-refractivity contribution in [2.75, 3.05) is 0 Å². The molecule has 0 aliphatic carbocycles. The first-order chi connectivity index (χ1) is 6.62. The monoisotopic (exact) mass is 368 g/mol. The summed E-state index contributed by atoms with van der Waals surface area (Å²) < 4.78 is 75.5. The molecule has 0 unspecified atom stereocenters. The summed E-state index contributed by atoms with van der Waals surface area (Å²) in [5.74, 6) is 0. The Kier molecular flexibility index (Phi) is 55.4. The number of carbonyl (C=O) groups excluding carboxylic acids is 1. The number of carbonyl (C=O) groups is 1. The molecule has 0 aromatic carbocycles. The fourth-order valence-electron chi connectivity index (χ4n) is 0.0680. The van der Waals surface area contributed by atoms with Crippen molar-refractivity contribution >= 4 is 39.9 Å². The number of rotatable bonds is 3. The van der Waals surface area contributed by atoms with E-state index in [0.29, 0.717) is 0 Å². The van der Waals surface area contributed by atoms with Crippen molar-refractivity contribution in [3.63, 3.8) is 0 Å². The van der Waals surface area contributed by atoms with Crippen molar-refractivity contribution in [3.05, 3.63) is 0 Å². The van der Waals surface area contributed by atoms with Crippen LogP contribution in [0.5, 0.6) is 0 Å². The van der Waals surface area contributed by atoms with E-state index in [1.165, 1.54) is 0 Å². The molecule has 0 saturated carbocycles. The van der Waals surface area contributed by atoms with Crippen LogP contribution in [0.25, 0.3) is 0 Å². The van der Waals surface area contributed by atoms with Crippen LogP contribution < -0.4 is 71.4 Å². The Labute approximate surface area is 158 Å². The van der Waals surface area contributed by atoms with Crippen LogP contribution in [-0.2, 0) is 34.3 Å². The first kappa shape index (κ1) is 42.8. The molecule has 0 aromatic rings. The van der Waals surface area contributed by atoms with Gasteiger partial charge in [0.2, 0.25) is 20.8 Å². The van der Waals surface area contributed by atoms with Crippen molar-refractivity contribution in [2.45, 2.75) is 0 Å². The van der Waals surface area contributed by atoms with Crippen LogP contribution in [-0.4, -0.2) is 41.8 Å². The van der Waals surface area contributed by atoms with Crippen molar-refractivity contribution in [3.8, 4) is 0 Å². The van der Waals surface area contributed by atoms with Crippen LogP contribution in [0, 0.1) is 0 Å². The smallest absolute Gasteiger partial charge is 0.724 e. The Balaban J connectivity index is -0.0000000284. The summed E-state index contributed by atoms with van der Waals surface area (Å²) in [7, 11) is -10.6. The summed E-state index contributed by atoms with van der Waals surface area (Å²) in [6, 6.07) is 0. The molecule has 13 nitrogen and oxygen atoms in total. The molecule has 0 aliphatic rings. The maximum atomic E-state index is 9.37. The second-order valence-corrected chi connectivity index (χ2v) is 3.10. The quantitative estimate of drug-likeness (QED) is 0.0900. The predicted molar refractivity (Wildman–Crippen MR) is 51.6 cm³/mol. The second kappa shape index (κ2) is 24.6. The van der Waals surface area contributed by atoms with Gasteiger partial charge in [-0.1, -0.05) is 0 Å². The summed E-state index contributed by atoms with van der Waals surface area (Å²) in [5, 5.41) is 0. The van der Waals surface area contributed by atoms with Gasteiger partial charge >= 0.3 is 59.1 Å². The predicted octanol–water partition coefficient (Wildman–Crippen LogP) is -7.33. The Morgan fingerprint density at radius 2 is 0.947 bits per heavy atom. The zero-order valence-corrected chi connectivity index (χ0v) is 16.4. The van der Waals surface area contributed by atoms with Crippen LogP contribution in [0.2, 0.25) is 0 Å². The number of hydrogen-bond acceptors (Lipinski definition) is 14. The fourth-order valence-corrected chi connectivity index (χ4v) is 0.612. The second-order valence-electron chi connectivity index (χ2n) is 1.03. The van der Waals surface area contributed by atoms with E-state index in [2.05, 4.69) is 8.67 Å². The average Bonchev–Trinajstić information content (AvgIpc) is 2.04. The molecule has 0 bridgehead atoms. The van der Waals surface area contributed by atoms with Gasteiger partial charge in [-0.25, -0.2) is 16.8 Å². The molecule has 0 radical (unpaired) electrons. The molecule has 0 spiro atoms. The normalized spacial score (nSPS) is 8.21. The third-order valence-electron chi connectivity index (χ3n) is 0.194. The summed E-state index contributed by atoms with van der Waals surface area (Å²) in [6.45, 7) is 2.00. The van der Waals surface area contributed by atoms with E-state index in [0.717, 1.165) is 0 Å². The van der Waals surface area contributed by atoms with Crippen LogP contribution in [0.3, 0.4) is 0 Å². The first-order valence-corrected chi connectivity index (χ1v) is 5.55. The number of hydrogen-bond donors (Lipinski definition) is 4. The van der Waals surface area contributed by atoms with Gasteiger partial charge in [0.1, 0.15) is 6.79 Å².